The summed E-state index contributed by atoms with van der Waals surface area (Å²) in [6, 6.07) is 0. The SMILES string of the molecule is CNC(C)(CCCCSC)C(=O)O. The highest BCUT2D eigenvalue weighted by Gasteiger charge is 2.29. The Labute approximate surface area is 84.3 Å². The number of thioether (sulfide) groups is 1. The van der Waals surface area contributed by atoms with Crippen molar-refractivity contribution in [1.82, 2.24) is 5.32 Å². The Morgan fingerprint density at radius 3 is 2.54 bits per heavy atom. The zero-order chi connectivity index (χ0) is 10.3. The van der Waals surface area contributed by atoms with E-state index in [0.717, 1.165) is 18.6 Å². The molecule has 0 aromatic rings. The summed E-state index contributed by atoms with van der Waals surface area (Å²) in [5, 5.41) is 11.8. The van der Waals surface area contributed by atoms with Crippen molar-refractivity contribution >= 4 is 17.7 Å². The van der Waals surface area contributed by atoms with Gasteiger partial charge in [0.05, 0.1) is 0 Å². The van der Waals surface area contributed by atoms with Gasteiger partial charge in [-0.3, -0.25) is 4.79 Å². The minimum atomic E-state index is -0.765. The van der Waals surface area contributed by atoms with E-state index in [2.05, 4.69) is 11.6 Å². The van der Waals surface area contributed by atoms with Gasteiger partial charge in [-0.2, -0.15) is 11.8 Å². The molecule has 0 radical (unpaired) electrons. The molecule has 0 aromatic carbocycles. The molecule has 0 aromatic heterocycles. The minimum absolute atomic E-state index is 0.694. The fourth-order valence-corrected chi connectivity index (χ4v) is 1.56. The lowest BCUT2D eigenvalue weighted by molar-refractivity contribution is -0.144. The first kappa shape index (κ1) is 12.8. The molecule has 3 nitrogen and oxygen atoms in total. The summed E-state index contributed by atoms with van der Waals surface area (Å²) in [4.78, 5) is 10.8. The van der Waals surface area contributed by atoms with Crippen molar-refractivity contribution in [2.24, 2.45) is 0 Å². The number of nitrogens with one attached hydrogen (secondary N) is 1. The molecule has 0 rings (SSSR count). The highest BCUT2D eigenvalue weighted by atomic mass is 32.2. The van der Waals surface area contributed by atoms with Crippen LogP contribution in [-0.2, 0) is 4.79 Å². The van der Waals surface area contributed by atoms with Gasteiger partial charge in [0.25, 0.3) is 0 Å². The molecule has 0 aliphatic heterocycles. The quantitative estimate of drug-likeness (QED) is 0.620. The number of unbranched alkanes of at least 4 members (excludes halogenated alkanes) is 1. The molecule has 4 heteroatoms. The van der Waals surface area contributed by atoms with E-state index in [1.54, 1.807) is 25.7 Å². The Kier molecular flexibility index (Phi) is 6.16. The van der Waals surface area contributed by atoms with Gasteiger partial charge in [0, 0.05) is 0 Å². The van der Waals surface area contributed by atoms with Gasteiger partial charge in [-0.1, -0.05) is 6.42 Å². The molecule has 13 heavy (non-hydrogen) atoms. The third kappa shape index (κ3) is 4.52. The molecular formula is C9H19NO2S. The first-order valence-corrected chi connectivity index (χ1v) is 5.87. The van der Waals surface area contributed by atoms with E-state index in [4.69, 9.17) is 5.11 Å². The first-order valence-electron chi connectivity index (χ1n) is 4.48. The van der Waals surface area contributed by atoms with Crippen LogP contribution >= 0.6 is 11.8 Å². The molecule has 2 N–H and O–H groups in total. The third-order valence-electron chi connectivity index (χ3n) is 2.30. The van der Waals surface area contributed by atoms with Crippen molar-refractivity contribution < 1.29 is 9.90 Å². The van der Waals surface area contributed by atoms with Crippen molar-refractivity contribution in [3.63, 3.8) is 0 Å². The fourth-order valence-electron chi connectivity index (χ4n) is 1.06. The molecular weight excluding hydrogens is 186 g/mol. The van der Waals surface area contributed by atoms with E-state index >= 15 is 0 Å². The Morgan fingerprint density at radius 2 is 2.15 bits per heavy atom. The van der Waals surface area contributed by atoms with Gasteiger partial charge in [-0.05, 0) is 38.8 Å². The topological polar surface area (TPSA) is 49.3 Å². The Bertz CT molecular complexity index is 164. The van der Waals surface area contributed by atoms with Gasteiger partial charge in [-0.15, -0.1) is 0 Å². The van der Waals surface area contributed by atoms with Gasteiger partial charge >= 0.3 is 5.97 Å². The molecule has 0 heterocycles. The minimum Gasteiger partial charge on any atom is -0.480 e. The highest BCUT2D eigenvalue weighted by molar-refractivity contribution is 7.98. The summed E-state index contributed by atoms with van der Waals surface area (Å²) < 4.78 is 0. The predicted octanol–water partition coefficient (Wildman–Crippen LogP) is 1.58. The number of aliphatic carboxylic acids is 1. The molecule has 0 saturated heterocycles. The molecule has 0 saturated carbocycles. The molecule has 78 valence electrons. The highest BCUT2D eigenvalue weighted by Crippen LogP contribution is 2.14. The Morgan fingerprint density at radius 1 is 1.54 bits per heavy atom. The van der Waals surface area contributed by atoms with Crippen LogP contribution in [0.4, 0.5) is 0 Å². The summed E-state index contributed by atoms with van der Waals surface area (Å²) in [6.45, 7) is 1.73. The van der Waals surface area contributed by atoms with Crippen LogP contribution in [0.1, 0.15) is 26.2 Å². The lowest BCUT2D eigenvalue weighted by atomic mass is 9.95. The largest absolute Gasteiger partial charge is 0.480 e. The first-order chi connectivity index (χ1) is 6.06. The summed E-state index contributed by atoms with van der Waals surface area (Å²) >= 11 is 1.80. The van der Waals surface area contributed by atoms with Gasteiger partial charge in [0.1, 0.15) is 5.54 Å². The second-order valence-corrected chi connectivity index (χ2v) is 4.32. The summed E-state index contributed by atoms with van der Waals surface area (Å²) in [7, 11) is 1.70. The number of rotatable bonds is 7. The van der Waals surface area contributed by atoms with Crippen molar-refractivity contribution in [3.05, 3.63) is 0 Å². The van der Waals surface area contributed by atoms with Gasteiger partial charge in [0.15, 0.2) is 0 Å². The van der Waals surface area contributed by atoms with Crippen molar-refractivity contribution in [2.45, 2.75) is 31.7 Å². The summed E-state index contributed by atoms with van der Waals surface area (Å²) in [6.07, 6.45) is 4.81. The van der Waals surface area contributed by atoms with Crippen LogP contribution in [0.25, 0.3) is 0 Å². The number of hydrogen-bond donors (Lipinski definition) is 2. The average molecular weight is 205 g/mol. The van der Waals surface area contributed by atoms with Crippen molar-refractivity contribution in [2.75, 3.05) is 19.1 Å². The number of carboxylic acids is 1. The normalized spacial score (nSPS) is 15.3. The summed E-state index contributed by atoms with van der Waals surface area (Å²) in [5.41, 5.74) is -0.752. The van der Waals surface area contributed by atoms with E-state index < -0.39 is 11.5 Å². The number of carboxylic acid groups (broad SMARTS) is 1. The number of hydrogen-bond acceptors (Lipinski definition) is 3. The zero-order valence-electron chi connectivity index (χ0n) is 8.59. The van der Waals surface area contributed by atoms with Crippen LogP contribution in [0.2, 0.25) is 0 Å². The van der Waals surface area contributed by atoms with E-state index in [1.807, 2.05) is 0 Å². The molecule has 0 aliphatic carbocycles. The lowest BCUT2D eigenvalue weighted by Gasteiger charge is -2.23. The van der Waals surface area contributed by atoms with E-state index in [1.165, 1.54) is 0 Å². The van der Waals surface area contributed by atoms with E-state index in [-0.39, 0.29) is 0 Å². The maximum absolute atomic E-state index is 10.8. The van der Waals surface area contributed by atoms with Crippen molar-refractivity contribution in [1.29, 1.82) is 0 Å². The van der Waals surface area contributed by atoms with Gasteiger partial charge < -0.3 is 10.4 Å². The maximum Gasteiger partial charge on any atom is 0.323 e. The molecule has 0 spiro atoms. The fraction of sp³-hybridized carbons (Fsp3) is 0.889. The number of likely N-dealkylation sites (N-methyl/N-ethyl adjacent to an activating group) is 1. The monoisotopic (exact) mass is 205 g/mol. The van der Waals surface area contributed by atoms with E-state index in [0.29, 0.717) is 6.42 Å². The Balaban J connectivity index is 3.78. The molecule has 0 fully saturated rings. The Hall–Kier alpha value is -0.220. The van der Waals surface area contributed by atoms with Gasteiger partial charge in [0.2, 0.25) is 0 Å². The maximum atomic E-state index is 10.8. The lowest BCUT2D eigenvalue weighted by Crippen LogP contribution is -2.47. The standard InChI is InChI=1S/C9H19NO2S/c1-9(10-2,8(11)12)6-4-5-7-13-3/h10H,4-7H2,1-3H3,(H,11,12). The molecule has 0 amide bonds. The summed E-state index contributed by atoms with van der Waals surface area (Å²) in [5.74, 6) is 0.346. The van der Waals surface area contributed by atoms with E-state index in [9.17, 15) is 4.79 Å². The molecule has 1 unspecified atom stereocenters. The number of carbonyl (C=O) groups is 1. The van der Waals surface area contributed by atoms with Crippen LogP contribution in [0.15, 0.2) is 0 Å². The average Bonchev–Trinajstić information content (AvgIpc) is 2.12. The van der Waals surface area contributed by atoms with Crippen LogP contribution in [-0.4, -0.2) is 35.7 Å². The van der Waals surface area contributed by atoms with Crippen molar-refractivity contribution in [3.8, 4) is 0 Å². The van der Waals surface area contributed by atoms with Gasteiger partial charge in [-0.25, -0.2) is 0 Å². The smallest absolute Gasteiger partial charge is 0.323 e. The second-order valence-electron chi connectivity index (χ2n) is 3.34. The zero-order valence-corrected chi connectivity index (χ0v) is 9.41. The predicted molar refractivity (Wildman–Crippen MR) is 57.3 cm³/mol. The molecule has 0 aliphatic rings. The van der Waals surface area contributed by atoms with Crippen LogP contribution in [0.5, 0.6) is 0 Å². The van der Waals surface area contributed by atoms with Crippen LogP contribution in [0.3, 0.4) is 0 Å². The second kappa shape index (κ2) is 6.27. The third-order valence-corrected chi connectivity index (χ3v) is 3.00. The molecule has 0 bridgehead atoms. The van der Waals surface area contributed by atoms with Crippen LogP contribution in [0, 0.1) is 0 Å². The van der Waals surface area contributed by atoms with Crippen LogP contribution < -0.4 is 5.32 Å². The molecule has 1 atom stereocenters.